The zero-order valence-corrected chi connectivity index (χ0v) is 11.7. The molecule has 1 aliphatic carbocycles. The van der Waals surface area contributed by atoms with Crippen LogP contribution in [-0.4, -0.2) is 15.6 Å². The van der Waals surface area contributed by atoms with Crippen molar-refractivity contribution in [1.29, 1.82) is 0 Å². The van der Waals surface area contributed by atoms with Gasteiger partial charge in [0.05, 0.1) is 5.92 Å². The van der Waals surface area contributed by atoms with E-state index in [1.54, 1.807) is 0 Å². The number of fused-ring (bicyclic) bond motifs is 1. The Morgan fingerprint density at radius 2 is 2.00 bits per heavy atom. The Hall–Kier alpha value is -1.97. The molecule has 106 valence electrons. The van der Waals surface area contributed by atoms with Gasteiger partial charge in [-0.05, 0) is 55.4 Å². The SMILES string of the molecule is Cn1cc(C2CCC(C(=O)O)CC2)c2cc(N)ccc21. The van der Waals surface area contributed by atoms with Gasteiger partial charge >= 0.3 is 5.97 Å². The Morgan fingerprint density at radius 3 is 2.65 bits per heavy atom. The number of hydrogen-bond donors (Lipinski definition) is 2. The topological polar surface area (TPSA) is 68.2 Å². The summed E-state index contributed by atoms with van der Waals surface area (Å²) in [6.45, 7) is 0. The molecule has 4 nitrogen and oxygen atoms in total. The highest BCUT2D eigenvalue weighted by Crippen LogP contribution is 2.39. The van der Waals surface area contributed by atoms with E-state index in [0.29, 0.717) is 5.92 Å². The number of carboxylic acid groups (broad SMARTS) is 1. The fraction of sp³-hybridized carbons (Fsp3) is 0.438. The predicted molar refractivity (Wildman–Crippen MR) is 79.7 cm³/mol. The first-order valence-electron chi connectivity index (χ1n) is 7.13. The number of rotatable bonds is 2. The lowest BCUT2D eigenvalue weighted by atomic mass is 9.78. The Labute approximate surface area is 118 Å². The Bertz CT molecular complexity index is 652. The van der Waals surface area contributed by atoms with Gasteiger partial charge in [-0.2, -0.15) is 0 Å². The van der Waals surface area contributed by atoms with E-state index in [2.05, 4.69) is 16.8 Å². The van der Waals surface area contributed by atoms with Crippen molar-refractivity contribution < 1.29 is 9.90 Å². The van der Waals surface area contributed by atoms with Crippen molar-refractivity contribution in [3.8, 4) is 0 Å². The smallest absolute Gasteiger partial charge is 0.306 e. The minimum absolute atomic E-state index is 0.161. The summed E-state index contributed by atoms with van der Waals surface area (Å²) >= 11 is 0. The third-order valence-electron chi connectivity index (χ3n) is 4.56. The largest absolute Gasteiger partial charge is 0.481 e. The number of hydrogen-bond acceptors (Lipinski definition) is 2. The lowest BCUT2D eigenvalue weighted by Gasteiger charge is -2.25. The number of carbonyl (C=O) groups is 1. The van der Waals surface area contributed by atoms with E-state index >= 15 is 0 Å². The molecule has 0 radical (unpaired) electrons. The number of aliphatic carboxylic acids is 1. The molecule has 0 atom stereocenters. The molecular formula is C16H20N2O2. The van der Waals surface area contributed by atoms with Gasteiger partial charge in [-0.1, -0.05) is 0 Å². The highest BCUT2D eigenvalue weighted by molar-refractivity contribution is 5.87. The molecule has 1 aromatic carbocycles. The summed E-state index contributed by atoms with van der Waals surface area (Å²) in [5.74, 6) is -0.354. The molecule has 1 aliphatic rings. The summed E-state index contributed by atoms with van der Waals surface area (Å²) in [6, 6.07) is 6.01. The summed E-state index contributed by atoms with van der Waals surface area (Å²) in [5, 5.41) is 10.3. The van der Waals surface area contributed by atoms with Crippen LogP contribution in [0.25, 0.3) is 10.9 Å². The van der Waals surface area contributed by atoms with Crippen molar-refractivity contribution in [3.63, 3.8) is 0 Å². The molecule has 1 heterocycles. The van der Waals surface area contributed by atoms with Gasteiger partial charge in [-0.25, -0.2) is 0 Å². The van der Waals surface area contributed by atoms with Crippen molar-refractivity contribution in [3.05, 3.63) is 30.0 Å². The van der Waals surface area contributed by atoms with Crippen LogP contribution >= 0.6 is 0 Å². The monoisotopic (exact) mass is 272 g/mol. The van der Waals surface area contributed by atoms with Crippen LogP contribution < -0.4 is 5.73 Å². The zero-order valence-electron chi connectivity index (χ0n) is 11.7. The third kappa shape index (κ3) is 2.15. The highest BCUT2D eigenvalue weighted by Gasteiger charge is 2.28. The van der Waals surface area contributed by atoms with Gasteiger partial charge in [0.2, 0.25) is 0 Å². The van der Waals surface area contributed by atoms with Gasteiger partial charge in [0.1, 0.15) is 0 Å². The quantitative estimate of drug-likeness (QED) is 0.825. The van der Waals surface area contributed by atoms with E-state index in [-0.39, 0.29) is 5.92 Å². The van der Waals surface area contributed by atoms with Crippen LogP contribution in [0.15, 0.2) is 24.4 Å². The number of aryl methyl sites for hydroxylation is 1. The normalized spacial score (nSPS) is 23.1. The van der Waals surface area contributed by atoms with Crippen LogP contribution in [-0.2, 0) is 11.8 Å². The number of nitrogens with zero attached hydrogens (tertiary/aromatic N) is 1. The van der Waals surface area contributed by atoms with Gasteiger partial charge in [-0.3, -0.25) is 4.79 Å². The molecule has 0 saturated heterocycles. The van der Waals surface area contributed by atoms with E-state index in [9.17, 15) is 4.79 Å². The Morgan fingerprint density at radius 1 is 1.30 bits per heavy atom. The second kappa shape index (κ2) is 4.85. The molecule has 0 amide bonds. The second-order valence-corrected chi connectivity index (χ2v) is 5.86. The first-order chi connectivity index (χ1) is 9.56. The van der Waals surface area contributed by atoms with E-state index in [0.717, 1.165) is 31.4 Å². The third-order valence-corrected chi connectivity index (χ3v) is 4.56. The second-order valence-electron chi connectivity index (χ2n) is 5.86. The number of anilines is 1. The first kappa shape index (κ1) is 13.0. The maximum Gasteiger partial charge on any atom is 0.306 e. The minimum atomic E-state index is -0.648. The number of aromatic nitrogens is 1. The molecule has 3 rings (SSSR count). The summed E-state index contributed by atoms with van der Waals surface area (Å²) < 4.78 is 2.13. The van der Waals surface area contributed by atoms with Gasteiger partial charge in [0, 0.05) is 29.8 Å². The van der Waals surface area contributed by atoms with E-state index < -0.39 is 5.97 Å². The van der Waals surface area contributed by atoms with Crippen molar-refractivity contribution in [1.82, 2.24) is 4.57 Å². The molecule has 0 bridgehead atoms. The van der Waals surface area contributed by atoms with Gasteiger partial charge in [0.25, 0.3) is 0 Å². The van der Waals surface area contributed by atoms with Crippen LogP contribution in [0.1, 0.15) is 37.2 Å². The van der Waals surface area contributed by atoms with Crippen molar-refractivity contribution in [2.45, 2.75) is 31.6 Å². The molecule has 2 aromatic rings. The van der Waals surface area contributed by atoms with E-state index in [1.807, 2.05) is 19.2 Å². The minimum Gasteiger partial charge on any atom is -0.481 e. The standard InChI is InChI=1S/C16H20N2O2/c1-18-9-14(13-8-12(17)6-7-15(13)18)10-2-4-11(5-3-10)16(19)20/h6-11H,2-5,17H2,1H3,(H,19,20). The zero-order chi connectivity index (χ0) is 14.3. The summed E-state index contributed by atoms with van der Waals surface area (Å²) in [6.07, 6.45) is 5.63. The highest BCUT2D eigenvalue weighted by atomic mass is 16.4. The van der Waals surface area contributed by atoms with Gasteiger partial charge in [-0.15, -0.1) is 0 Å². The van der Waals surface area contributed by atoms with E-state index in [4.69, 9.17) is 10.8 Å². The number of carboxylic acids is 1. The van der Waals surface area contributed by atoms with Crippen molar-refractivity contribution in [2.75, 3.05) is 5.73 Å². The molecule has 20 heavy (non-hydrogen) atoms. The van der Waals surface area contributed by atoms with Gasteiger partial charge in [0.15, 0.2) is 0 Å². The average Bonchev–Trinajstić information content (AvgIpc) is 2.75. The number of benzene rings is 1. The summed E-state index contributed by atoms with van der Waals surface area (Å²) in [7, 11) is 2.05. The van der Waals surface area contributed by atoms with E-state index in [1.165, 1.54) is 16.5 Å². The lowest BCUT2D eigenvalue weighted by molar-refractivity contribution is -0.142. The first-order valence-corrected chi connectivity index (χ1v) is 7.13. The summed E-state index contributed by atoms with van der Waals surface area (Å²) in [4.78, 5) is 11.0. The molecule has 1 fully saturated rings. The predicted octanol–water partition coefficient (Wildman–Crippen LogP) is 3.12. The molecule has 4 heteroatoms. The molecule has 1 saturated carbocycles. The van der Waals surface area contributed by atoms with Crippen molar-refractivity contribution >= 4 is 22.6 Å². The van der Waals surface area contributed by atoms with Crippen LogP contribution in [0.5, 0.6) is 0 Å². The lowest BCUT2D eigenvalue weighted by Crippen LogP contribution is -2.20. The van der Waals surface area contributed by atoms with Crippen LogP contribution in [0, 0.1) is 5.92 Å². The Kier molecular flexibility index (Phi) is 3.16. The maximum absolute atomic E-state index is 11.0. The van der Waals surface area contributed by atoms with Crippen molar-refractivity contribution in [2.24, 2.45) is 13.0 Å². The van der Waals surface area contributed by atoms with Crippen LogP contribution in [0.4, 0.5) is 5.69 Å². The average molecular weight is 272 g/mol. The molecule has 3 N–H and O–H groups in total. The molecule has 0 unspecified atom stereocenters. The molecule has 1 aromatic heterocycles. The number of nitrogens with two attached hydrogens (primary N) is 1. The molecular weight excluding hydrogens is 252 g/mol. The Balaban J connectivity index is 1.92. The molecule has 0 aliphatic heterocycles. The van der Waals surface area contributed by atoms with Crippen LogP contribution in [0.2, 0.25) is 0 Å². The maximum atomic E-state index is 11.0. The fourth-order valence-electron chi connectivity index (χ4n) is 3.42. The van der Waals surface area contributed by atoms with Crippen LogP contribution in [0.3, 0.4) is 0 Å². The fourth-order valence-corrected chi connectivity index (χ4v) is 3.42. The number of nitrogen functional groups attached to an aromatic ring is 1. The summed E-state index contributed by atoms with van der Waals surface area (Å²) in [5.41, 5.74) is 9.20. The van der Waals surface area contributed by atoms with Gasteiger partial charge < -0.3 is 15.4 Å². The molecule has 0 spiro atoms.